The smallest absolute Gasteiger partial charge is 0.0592 e. The van der Waals surface area contributed by atoms with E-state index < -0.39 is 0 Å². The fraction of sp³-hybridized carbons (Fsp3) is 0.333. The third kappa shape index (κ3) is 3.16. The van der Waals surface area contributed by atoms with Gasteiger partial charge >= 0.3 is 0 Å². The summed E-state index contributed by atoms with van der Waals surface area (Å²) in [5.74, 6) is 0. The molecule has 0 N–H and O–H groups in total. The lowest BCUT2D eigenvalue weighted by Gasteiger charge is -1.98. The van der Waals surface area contributed by atoms with E-state index in [1.807, 2.05) is 18.2 Å². The zero-order valence-electron chi connectivity index (χ0n) is 6.66. The van der Waals surface area contributed by atoms with Crippen molar-refractivity contribution >= 4 is 0 Å². The Morgan fingerprint density at radius 2 is 2.00 bits per heavy atom. The Morgan fingerprint density at radius 3 is 2.64 bits per heavy atom. The highest BCUT2D eigenvalue weighted by molar-refractivity contribution is 5.14. The summed E-state index contributed by atoms with van der Waals surface area (Å²) in [6, 6.07) is 10.2. The molecule has 0 saturated carbocycles. The summed E-state index contributed by atoms with van der Waals surface area (Å²) >= 11 is 0. The lowest BCUT2D eigenvalue weighted by atomic mass is 10.2. The molecule has 2 heteroatoms. The van der Waals surface area contributed by atoms with Gasteiger partial charge in [0.1, 0.15) is 0 Å². The highest BCUT2D eigenvalue weighted by Gasteiger charge is 1.89. The van der Waals surface area contributed by atoms with Crippen molar-refractivity contribution in [2.75, 3.05) is 13.7 Å². The van der Waals surface area contributed by atoms with Crippen LogP contribution in [-0.2, 0) is 11.3 Å². The number of rotatable bonds is 4. The van der Waals surface area contributed by atoms with Crippen molar-refractivity contribution in [3.63, 3.8) is 0 Å². The number of nitrogens with zero attached hydrogens (tertiary/aromatic N) is 1. The first-order valence-corrected chi connectivity index (χ1v) is 3.67. The summed E-state index contributed by atoms with van der Waals surface area (Å²) in [5.41, 5.74) is 5.07. The summed E-state index contributed by atoms with van der Waals surface area (Å²) in [6.07, 6.45) is 0.953. The number of hydrogen-bond donors (Lipinski definition) is 0. The van der Waals surface area contributed by atoms with Crippen molar-refractivity contribution < 1.29 is 4.84 Å². The zero-order chi connectivity index (χ0) is 7.94. The molecule has 0 bridgehead atoms. The topological polar surface area (TPSA) is 23.3 Å². The molecule has 59 valence electrons. The third-order valence-corrected chi connectivity index (χ3v) is 1.46. The molecule has 0 aliphatic heterocycles. The van der Waals surface area contributed by atoms with Crippen molar-refractivity contribution in [1.82, 2.24) is 5.48 Å². The molecule has 2 nitrogen and oxygen atoms in total. The predicted molar refractivity (Wildman–Crippen MR) is 44.2 cm³/mol. The van der Waals surface area contributed by atoms with Gasteiger partial charge in [-0.05, 0) is 12.0 Å². The van der Waals surface area contributed by atoms with Crippen LogP contribution in [0.4, 0.5) is 0 Å². The Labute approximate surface area is 67.1 Å². The average molecular weight is 150 g/mol. The highest BCUT2D eigenvalue weighted by atomic mass is 16.6. The molecular weight excluding hydrogens is 138 g/mol. The van der Waals surface area contributed by atoms with Crippen LogP contribution in [0.5, 0.6) is 0 Å². The lowest BCUT2D eigenvalue weighted by molar-refractivity contribution is 0.0835. The molecule has 0 atom stereocenters. The number of hydroxylamine groups is 1. The molecule has 0 unspecified atom stereocenters. The lowest BCUT2D eigenvalue weighted by Crippen LogP contribution is -2.06. The third-order valence-electron chi connectivity index (χ3n) is 1.46. The molecule has 0 spiro atoms. The van der Waals surface area contributed by atoms with Gasteiger partial charge in [0, 0.05) is 6.54 Å². The van der Waals surface area contributed by atoms with Gasteiger partial charge in [0.25, 0.3) is 0 Å². The van der Waals surface area contributed by atoms with Crippen molar-refractivity contribution in [1.29, 1.82) is 0 Å². The largest absolute Gasteiger partial charge is 0.285 e. The van der Waals surface area contributed by atoms with Crippen LogP contribution in [0.25, 0.3) is 0 Å². The van der Waals surface area contributed by atoms with Gasteiger partial charge in [-0.15, -0.1) is 0 Å². The molecule has 1 aromatic carbocycles. The van der Waals surface area contributed by atoms with Gasteiger partial charge in [-0.2, -0.15) is 0 Å². The maximum absolute atomic E-state index is 4.59. The molecule has 0 aliphatic carbocycles. The van der Waals surface area contributed by atoms with Crippen LogP contribution >= 0.6 is 0 Å². The first-order chi connectivity index (χ1) is 5.43. The molecule has 0 heterocycles. The van der Waals surface area contributed by atoms with Crippen molar-refractivity contribution in [3.05, 3.63) is 35.9 Å². The normalized spacial score (nSPS) is 9.91. The van der Waals surface area contributed by atoms with Crippen molar-refractivity contribution in [2.24, 2.45) is 0 Å². The maximum atomic E-state index is 4.59. The minimum absolute atomic E-state index is 0.737. The van der Waals surface area contributed by atoms with Crippen LogP contribution in [-0.4, -0.2) is 13.7 Å². The van der Waals surface area contributed by atoms with Gasteiger partial charge in [-0.25, -0.2) is 0 Å². The molecule has 0 fully saturated rings. The summed E-state index contributed by atoms with van der Waals surface area (Å²) in [6.45, 7) is 0.737. The minimum Gasteiger partial charge on any atom is -0.285 e. The molecule has 0 saturated heterocycles. The van der Waals surface area contributed by atoms with Crippen LogP contribution in [0.2, 0.25) is 0 Å². The van der Waals surface area contributed by atoms with E-state index in [-0.39, 0.29) is 0 Å². The van der Waals surface area contributed by atoms with Gasteiger partial charge in [0.05, 0.1) is 7.11 Å². The summed E-state index contributed by atoms with van der Waals surface area (Å²) in [4.78, 5) is 4.59. The Hall–Kier alpha value is -0.860. The molecule has 0 aliphatic rings. The van der Waals surface area contributed by atoms with Crippen LogP contribution in [0.15, 0.2) is 30.3 Å². The molecule has 11 heavy (non-hydrogen) atoms. The molecule has 0 aromatic heterocycles. The van der Waals surface area contributed by atoms with E-state index in [0.29, 0.717) is 0 Å². The first kappa shape index (κ1) is 8.24. The van der Waals surface area contributed by atoms with E-state index >= 15 is 0 Å². The second-order valence-electron chi connectivity index (χ2n) is 2.27. The molecule has 1 radical (unpaired) electrons. The number of hydrogen-bond acceptors (Lipinski definition) is 1. The van der Waals surface area contributed by atoms with Gasteiger partial charge in [-0.3, -0.25) is 4.84 Å². The van der Waals surface area contributed by atoms with Crippen LogP contribution < -0.4 is 5.48 Å². The summed E-state index contributed by atoms with van der Waals surface area (Å²) in [5, 5.41) is 0. The van der Waals surface area contributed by atoms with E-state index in [4.69, 9.17) is 0 Å². The second-order valence-corrected chi connectivity index (χ2v) is 2.27. The fourth-order valence-corrected chi connectivity index (χ4v) is 0.911. The van der Waals surface area contributed by atoms with E-state index in [0.717, 1.165) is 13.0 Å². The molecule has 1 rings (SSSR count). The van der Waals surface area contributed by atoms with Gasteiger partial charge in [0.2, 0.25) is 0 Å². The van der Waals surface area contributed by atoms with Crippen molar-refractivity contribution in [2.45, 2.75) is 6.42 Å². The SMILES string of the molecule is CO[N]CCc1ccccc1. The molecule has 0 amide bonds. The summed E-state index contributed by atoms with van der Waals surface area (Å²) < 4.78 is 0. The average Bonchev–Trinajstić information content (AvgIpc) is 2.07. The minimum atomic E-state index is 0.737. The Kier molecular flexibility index (Phi) is 3.65. The van der Waals surface area contributed by atoms with Gasteiger partial charge < -0.3 is 0 Å². The Bertz CT molecular complexity index is 186. The maximum Gasteiger partial charge on any atom is 0.0592 e. The fourth-order valence-electron chi connectivity index (χ4n) is 0.911. The van der Waals surface area contributed by atoms with Gasteiger partial charge in [0.15, 0.2) is 0 Å². The van der Waals surface area contributed by atoms with E-state index in [1.54, 1.807) is 7.11 Å². The van der Waals surface area contributed by atoms with Crippen LogP contribution in [0.1, 0.15) is 5.56 Å². The first-order valence-electron chi connectivity index (χ1n) is 3.67. The summed E-state index contributed by atoms with van der Waals surface area (Å²) in [7, 11) is 1.57. The van der Waals surface area contributed by atoms with Crippen LogP contribution in [0, 0.1) is 0 Å². The Morgan fingerprint density at radius 1 is 1.27 bits per heavy atom. The standard InChI is InChI=1S/C9H12NO/c1-11-10-8-7-9-5-3-2-4-6-9/h2-6H,7-8H2,1H3. The highest BCUT2D eigenvalue weighted by Crippen LogP contribution is 1.97. The van der Waals surface area contributed by atoms with E-state index in [2.05, 4.69) is 22.5 Å². The second kappa shape index (κ2) is 4.88. The van der Waals surface area contributed by atoms with Gasteiger partial charge in [-0.1, -0.05) is 35.8 Å². The molecular formula is C9H12NO. The quantitative estimate of drug-likeness (QED) is 0.470. The van der Waals surface area contributed by atoms with E-state index in [9.17, 15) is 0 Å². The monoisotopic (exact) mass is 150 g/mol. The number of benzene rings is 1. The zero-order valence-corrected chi connectivity index (χ0v) is 6.66. The molecule has 1 aromatic rings. The van der Waals surface area contributed by atoms with E-state index in [1.165, 1.54) is 5.56 Å². The van der Waals surface area contributed by atoms with Crippen molar-refractivity contribution in [3.8, 4) is 0 Å². The van der Waals surface area contributed by atoms with Crippen LogP contribution in [0.3, 0.4) is 0 Å². The Balaban J connectivity index is 2.28. The predicted octanol–water partition coefficient (Wildman–Crippen LogP) is 1.39.